The molecular weight excluding hydrogens is 188 g/mol. The molecule has 1 fully saturated rings. The topological polar surface area (TPSA) is 55.1 Å². The molecule has 1 saturated carbocycles. The third-order valence-corrected chi connectivity index (χ3v) is 3.53. The minimum absolute atomic E-state index is 0.142. The molecule has 3 heteroatoms. The molecule has 0 aromatic rings. The molecule has 0 bridgehead atoms. The smallest absolute Gasteiger partial charge is 0.234 e. The Balaban J connectivity index is 2.38. The van der Waals surface area contributed by atoms with Crippen LogP contribution in [0.1, 0.15) is 52.9 Å². The normalized spacial score (nSPS) is 23.7. The van der Waals surface area contributed by atoms with Crippen molar-refractivity contribution in [1.82, 2.24) is 5.32 Å². The van der Waals surface area contributed by atoms with E-state index in [1.807, 2.05) is 6.92 Å². The Morgan fingerprint density at radius 2 is 2.00 bits per heavy atom. The van der Waals surface area contributed by atoms with Crippen molar-refractivity contribution in [3.63, 3.8) is 0 Å². The van der Waals surface area contributed by atoms with Crippen molar-refractivity contribution in [3.05, 3.63) is 0 Å². The average molecular weight is 212 g/mol. The van der Waals surface area contributed by atoms with E-state index in [-0.39, 0.29) is 11.9 Å². The van der Waals surface area contributed by atoms with Crippen LogP contribution in [0.25, 0.3) is 0 Å². The van der Waals surface area contributed by atoms with Crippen molar-refractivity contribution in [3.8, 4) is 0 Å². The van der Waals surface area contributed by atoms with Crippen LogP contribution in [0.15, 0.2) is 0 Å². The lowest BCUT2D eigenvalue weighted by atomic mass is 9.75. The maximum Gasteiger partial charge on any atom is 0.234 e. The maximum absolute atomic E-state index is 11.1. The molecule has 0 radical (unpaired) electrons. The lowest BCUT2D eigenvalue weighted by Crippen LogP contribution is -2.47. The van der Waals surface area contributed by atoms with Gasteiger partial charge in [-0.2, -0.15) is 0 Å². The summed E-state index contributed by atoms with van der Waals surface area (Å²) in [5.74, 6) is -0.220. The first-order valence-corrected chi connectivity index (χ1v) is 6.00. The van der Waals surface area contributed by atoms with Crippen LogP contribution in [0.2, 0.25) is 0 Å². The Morgan fingerprint density at radius 1 is 1.47 bits per heavy atom. The Labute approximate surface area is 92.8 Å². The van der Waals surface area contributed by atoms with E-state index in [0.29, 0.717) is 11.5 Å². The number of hydrogen-bond donors (Lipinski definition) is 2. The van der Waals surface area contributed by atoms with Crippen LogP contribution in [0.4, 0.5) is 0 Å². The lowest BCUT2D eigenvalue weighted by molar-refractivity contribution is -0.120. The Hall–Kier alpha value is -0.570. The quantitative estimate of drug-likeness (QED) is 0.746. The summed E-state index contributed by atoms with van der Waals surface area (Å²) in [5, 5.41) is 3.37. The van der Waals surface area contributed by atoms with Gasteiger partial charge in [0.15, 0.2) is 0 Å². The summed E-state index contributed by atoms with van der Waals surface area (Å²) in [4.78, 5) is 11.1. The van der Waals surface area contributed by atoms with Crippen LogP contribution < -0.4 is 11.1 Å². The monoisotopic (exact) mass is 212 g/mol. The number of amides is 1. The minimum atomic E-state index is -0.220. The van der Waals surface area contributed by atoms with Gasteiger partial charge in [-0.3, -0.25) is 4.79 Å². The van der Waals surface area contributed by atoms with Gasteiger partial charge in [0.25, 0.3) is 0 Å². The summed E-state index contributed by atoms with van der Waals surface area (Å²) >= 11 is 0. The number of carbonyl (C=O) groups excluding carboxylic acids is 1. The van der Waals surface area contributed by atoms with Gasteiger partial charge >= 0.3 is 0 Å². The fourth-order valence-electron chi connectivity index (χ4n) is 2.25. The zero-order valence-corrected chi connectivity index (χ0v) is 10.2. The van der Waals surface area contributed by atoms with Gasteiger partial charge in [0, 0.05) is 6.04 Å². The van der Waals surface area contributed by atoms with E-state index in [4.69, 9.17) is 5.73 Å². The summed E-state index contributed by atoms with van der Waals surface area (Å²) in [6.07, 6.45) is 5.59. The van der Waals surface area contributed by atoms with Gasteiger partial charge < -0.3 is 11.1 Å². The predicted octanol–water partition coefficient (Wildman–Crippen LogP) is 1.81. The van der Waals surface area contributed by atoms with Crippen LogP contribution in [-0.4, -0.2) is 18.0 Å². The van der Waals surface area contributed by atoms with Crippen molar-refractivity contribution in [2.75, 3.05) is 0 Å². The average Bonchev–Trinajstić information content (AvgIpc) is 2.15. The van der Waals surface area contributed by atoms with Crippen LogP contribution in [0, 0.1) is 5.41 Å². The first kappa shape index (κ1) is 12.5. The van der Waals surface area contributed by atoms with E-state index in [9.17, 15) is 4.79 Å². The largest absolute Gasteiger partial charge is 0.368 e. The third-order valence-electron chi connectivity index (χ3n) is 3.53. The van der Waals surface area contributed by atoms with Gasteiger partial charge in [0.2, 0.25) is 5.91 Å². The highest BCUT2D eigenvalue weighted by Crippen LogP contribution is 2.35. The van der Waals surface area contributed by atoms with E-state index in [0.717, 1.165) is 19.3 Å². The molecule has 1 amide bonds. The molecule has 1 atom stereocenters. The predicted molar refractivity (Wildman–Crippen MR) is 62.4 cm³/mol. The van der Waals surface area contributed by atoms with E-state index < -0.39 is 0 Å². The fourth-order valence-corrected chi connectivity index (χ4v) is 2.25. The second kappa shape index (κ2) is 4.97. The van der Waals surface area contributed by atoms with Gasteiger partial charge in [0.05, 0.1) is 6.04 Å². The Morgan fingerprint density at radius 3 is 2.40 bits per heavy atom. The van der Waals surface area contributed by atoms with Crippen molar-refractivity contribution in [2.45, 2.75) is 65.0 Å². The SMILES string of the molecule is CCC(NC1CCC(C)(C)CC1)C(N)=O. The zero-order chi connectivity index (χ0) is 11.5. The van der Waals surface area contributed by atoms with E-state index in [1.165, 1.54) is 12.8 Å². The molecule has 88 valence electrons. The van der Waals surface area contributed by atoms with E-state index in [1.54, 1.807) is 0 Å². The third kappa shape index (κ3) is 3.82. The van der Waals surface area contributed by atoms with Gasteiger partial charge in [-0.15, -0.1) is 0 Å². The Bertz CT molecular complexity index is 216. The molecule has 0 aliphatic heterocycles. The number of hydrogen-bond acceptors (Lipinski definition) is 2. The van der Waals surface area contributed by atoms with Crippen LogP contribution in [0.5, 0.6) is 0 Å². The minimum Gasteiger partial charge on any atom is -0.368 e. The molecule has 3 nitrogen and oxygen atoms in total. The molecule has 15 heavy (non-hydrogen) atoms. The molecule has 0 spiro atoms. The van der Waals surface area contributed by atoms with Gasteiger partial charge in [-0.25, -0.2) is 0 Å². The van der Waals surface area contributed by atoms with Crippen LogP contribution in [0.3, 0.4) is 0 Å². The molecule has 1 aliphatic rings. The highest BCUT2D eigenvalue weighted by Gasteiger charge is 2.28. The molecule has 1 rings (SSSR count). The summed E-state index contributed by atoms with van der Waals surface area (Å²) in [6, 6.07) is 0.340. The zero-order valence-electron chi connectivity index (χ0n) is 10.2. The fraction of sp³-hybridized carbons (Fsp3) is 0.917. The van der Waals surface area contributed by atoms with E-state index >= 15 is 0 Å². The molecule has 0 aromatic heterocycles. The molecule has 1 aliphatic carbocycles. The standard InChI is InChI=1S/C12H24N2O/c1-4-10(11(13)15)14-9-5-7-12(2,3)8-6-9/h9-10,14H,4-8H2,1-3H3,(H2,13,15). The molecule has 0 heterocycles. The summed E-state index contributed by atoms with van der Waals surface area (Å²) in [6.45, 7) is 6.62. The first-order valence-electron chi connectivity index (χ1n) is 6.00. The van der Waals surface area contributed by atoms with Crippen molar-refractivity contribution in [1.29, 1.82) is 0 Å². The maximum atomic E-state index is 11.1. The molecule has 1 unspecified atom stereocenters. The lowest BCUT2D eigenvalue weighted by Gasteiger charge is -2.35. The number of nitrogens with two attached hydrogens (primary N) is 1. The molecular formula is C12H24N2O. The number of rotatable bonds is 4. The van der Waals surface area contributed by atoms with Crippen molar-refractivity contribution < 1.29 is 4.79 Å². The van der Waals surface area contributed by atoms with Crippen molar-refractivity contribution in [2.24, 2.45) is 11.1 Å². The second-order valence-corrected chi connectivity index (χ2v) is 5.47. The Kier molecular flexibility index (Phi) is 4.14. The molecule has 3 N–H and O–H groups in total. The van der Waals surface area contributed by atoms with Crippen molar-refractivity contribution >= 4 is 5.91 Å². The van der Waals surface area contributed by atoms with Gasteiger partial charge in [-0.05, 0) is 37.5 Å². The van der Waals surface area contributed by atoms with Crippen LogP contribution >= 0.6 is 0 Å². The van der Waals surface area contributed by atoms with Crippen LogP contribution in [-0.2, 0) is 4.79 Å². The number of nitrogens with one attached hydrogen (secondary N) is 1. The highest BCUT2D eigenvalue weighted by molar-refractivity contribution is 5.79. The summed E-state index contributed by atoms with van der Waals surface area (Å²) < 4.78 is 0. The van der Waals surface area contributed by atoms with Gasteiger partial charge in [-0.1, -0.05) is 20.8 Å². The highest BCUT2D eigenvalue weighted by atomic mass is 16.1. The van der Waals surface area contributed by atoms with E-state index in [2.05, 4.69) is 19.2 Å². The number of primary amides is 1. The van der Waals surface area contributed by atoms with Gasteiger partial charge in [0.1, 0.15) is 0 Å². The second-order valence-electron chi connectivity index (χ2n) is 5.47. The number of carbonyl (C=O) groups is 1. The first-order chi connectivity index (χ1) is 6.94. The summed E-state index contributed by atoms with van der Waals surface area (Å²) in [5.41, 5.74) is 5.80. The summed E-state index contributed by atoms with van der Waals surface area (Å²) in [7, 11) is 0. The molecule has 0 saturated heterocycles. The molecule has 0 aromatic carbocycles.